The minimum absolute atomic E-state index is 0.497. The molecule has 0 atom stereocenters. The number of rotatable bonds is 8. The van der Waals surface area contributed by atoms with Crippen LogP contribution in [0.25, 0.3) is 0 Å². The Morgan fingerprint density at radius 1 is 1.20 bits per heavy atom. The summed E-state index contributed by atoms with van der Waals surface area (Å²) in [7, 11) is 0. The van der Waals surface area contributed by atoms with Gasteiger partial charge in [-0.15, -0.1) is 22.9 Å². The lowest BCUT2D eigenvalue weighted by atomic mass is 10.1. The van der Waals surface area contributed by atoms with Crippen molar-refractivity contribution in [2.45, 2.75) is 38.5 Å². The van der Waals surface area contributed by atoms with Gasteiger partial charge in [-0.05, 0) is 30.5 Å². The summed E-state index contributed by atoms with van der Waals surface area (Å²) < 4.78 is 5.74. The first-order valence-electron chi connectivity index (χ1n) is 7.02. The summed E-state index contributed by atoms with van der Waals surface area (Å²) in [5.74, 6) is 1.45. The van der Waals surface area contributed by atoms with Gasteiger partial charge in [0.1, 0.15) is 5.75 Å². The van der Waals surface area contributed by atoms with Gasteiger partial charge in [-0.2, -0.15) is 0 Å². The summed E-state index contributed by atoms with van der Waals surface area (Å²) in [4.78, 5) is 4.44. The molecule has 4 heteroatoms. The standard InChI is InChI=1S/C16H20ClNOS/c1-2-4-13-6-8-15(9-7-13)19-10-3-5-16-18-14(11-17)12-20-16/h6-9,12H,2-5,10-11H2,1H3. The van der Waals surface area contributed by atoms with Gasteiger partial charge in [-0.1, -0.05) is 25.5 Å². The van der Waals surface area contributed by atoms with Crippen LogP contribution in [0, 0.1) is 0 Å². The number of hydrogen-bond donors (Lipinski definition) is 0. The molecule has 0 spiro atoms. The van der Waals surface area contributed by atoms with Crippen molar-refractivity contribution < 1.29 is 4.74 Å². The first-order chi connectivity index (χ1) is 9.81. The van der Waals surface area contributed by atoms with Crippen molar-refractivity contribution in [2.75, 3.05) is 6.61 Å². The van der Waals surface area contributed by atoms with Crippen LogP contribution < -0.4 is 4.74 Å². The molecule has 0 saturated carbocycles. The van der Waals surface area contributed by atoms with E-state index in [1.165, 1.54) is 12.0 Å². The van der Waals surface area contributed by atoms with E-state index in [0.29, 0.717) is 5.88 Å². The van der Waals surface area contributed by atoms with E-state index in [9.17, 15) is 0 Å². The van der Waals surface area contributed by atoms with Gasteiger partial charge >= 0.3 is 0 Å². The first-order valence-corrected chi connectivity index (χ1v) is 8.44. The minimum atomic E-state index is 0.497. The van der Waals surface area contributed by atoms with Crippen LogP contribution in [0.15, 0.2) is 29.6 Å². The van der Waals surface area contributed by atoms with E-state index >= 15 is 0 Å². The van der Waals surface area contributed by atoms with Crippen molar-refractivity contribution in [1.29, 1.82) is 0 Å². The maximum Gasteiger partial charge on any atom is 0.119 e. The number of ether oxygens (including phenoxy) is 1. The minimum Gasteiger partial charge on any atom is -0.494 e. The third kappa shape index (κ3) is 4.80. The normalized spacial score (nSPS) is 10.7. The van der Waals surface area contributed by atoms with Crippen LogP contribution in [-0.4, -0.2) is 11.6 Å². The maximum absolute atomic E-state index is 5.74. The molecule has 0 aliphatic carbocycles. The van der Waals surface area contributed by atoms with Gasteiger partial charge in [-0.25, -0.2) is 4.98 Å². The molecule has 1 aromatic heterocycles. The average molecular weight is 310 g/mol. The lowest BCUT2D eigenvalue weighted by molar-refractivity contribution is 0.311. The molecule has 1 aromatic carbocycles. The van der Waals surface area contributed by atoms with E-state index in [0.717, 1.165) is 42.3 Å². The number of alkyl halides is 1. The predicted molar refractivity (Wildman–Crippen MR) is 85.9 cm³/mol. The van der Waals surface area contributed by atoms with Crippen LogP contribution in [0.3, 0.4) is 0 Å². The third-order valence-electron chi connectivity index (χ3n) is 3.00. The Bertz CT molecular complexity index is 509. The highest BCUT2D eigenvalue weighted by Crippen LogP contribution is 2.15. The molecule has 20 heavy (non-hydrogen) atoms. The number of hydrogen-bond acceptors (Lipinski definition) is 3. The zero-order valence-corrected chi connectivity index (χ0v) is 13.3. The number of thiazole rings is 1. The van der Waals surface area contributed by atoms with E-state index in [4.69, 9.17) is 16.3 Å². The molecular formula is C16H20ClNOS. The number of aromatic nitrogens is 1. The Morgan fingerprint density at radius 2 is 2.00 bits per heavy atom. The zero-order chi connectivity index (χ0) is 14.2. The summed E-state index contributed by atoms with van der Waals surface area (Å²) >= 11 is 7.41. The van der Waals surface area contributed by atoms with E-state index < -0.39 is 0 Å². The number of benzene rings is 1. The van der Waals surface area contributed by atoms with E-state index in [1.54, 1.807) is 11.3 Å². The lowest BCUT2D eigenvalue weighted by Crippen LogP contribution is -1.99. The molecule has 1 heterocycles. The number of nitrogens with zero attached hydrogens (tertiary/aromatic N) is 1. The molecule has 0 aliphatic heterocycles. The van der Waals surface area contributed by atoms with Crippen molar-refractivity contribution in [2.24, 2.45) is 0 Å². The molecule has 0 radical (unpaired) electrons. The Kier molecular flexibility index (Phi) is 6.34. The summed E-state index contributed by atoms with van der Waals surface area (Å²) in [6, 6.07) is 8.40. The van der Waals surface area contributed by atoms with Gasteiger partial charge < -0.3 is 4.74 Å². The van der Waals surface area contributed by atoms with Crippen molar-refractivity contribution in [3.63, 3.8) is 0 Å². The molecule has 108 valence electrons. The highest BCUT2D eigenvalue weighted by atomic mass is 35.5. The molecule has 0 amide bonds. The summed E-state index contributed by atoms with van der Waals surface area (Å²) in [6.45, 7) is 2.92. The molecule has 0 bridgehead atoms. The Labute approximate surface area is 129 Å². The Morgan fingerprint density at radius 3 is 2.65 bits per heavy atom. The Balaban J connectivity index is 1.70. The van der Waals surface area contributed by atoms with E-state index in [-0.39, 0.29) is 0 Å². The highest BCUT2D eigenvalue weighted by Gasteiger charge is 2.01. The summed E-state index contributed by atoms with van der Waals surface area (Å²) in [5, 5.41) is 3.16. The molecule has 2 aromatic rings. The quantitative estimate of drug-likeness (QED) is 0.514. The second-order valence-corrected chi connectivity index (χ2v) is 5.92. The van der Waals surface area contributed by atoms with Gasteiger partial charge in [0.15, 0.2) is 0 Å². The van der Waals surface area contributed by atoms with Crippen molar-refractivity contribution in [3.05, 3.63) is 45.9 Å². The van der Waals surface area contributed by atoms with Gasteiger partial charge in [0, 0.05) is 11.8 Å². The van der Waals surface area contributed by atoms with Gasteiger partial charge in [0.25, 0.3) is 0 Å². The summed E-state index contributed by atoms with van der Waals surface area (Å²) in [5.41, 5.74) is 2.34. The van der Waals surface area contributed by atoms with Crippen molar-refractivity contribution >= 4 is 22.9 Å². The van der Waals surface area contributed by atoms with E-state index in [2.05, 4.69) is 36.2 Å². The Hall–Kier alpha value is -1.06. The van der Waals surface area contributed by atoms with Crippen LogP contribution in [0.5, 0.6) is 5.75 Å². The highest BCUT2D eigenvalue weighted by molar-refractivity contribution is 7.09. The monoisotopic (exact) mass is 309 g/mol. The maximum atomic E-state index is 5.74. The molecule has 0 fully saturated rings. The number of halogens is 1. The molecule has 0 saturated heterocycles. The fraction of sp³-hybridized carbons (Fsp3) is 0.438. The van der Waals surface area contributed by atoms with Gasteiger partial charge in [0.2, 0.25) is 0 Å². The van der Waals surface area contributed by atoms with Crippen molar-refractivity contribution in [1.82, 2.24) is 4.98 Å². The van der Waals surface area contributed by atoms with Gasteiger partial charge in [0.05, 0.1) is 23.2 Å². The molecule has 2 nitrogen and oxygen atoms in total. The average Bonchev–Trinajstić information content (AvgIpc) is 2.94. The first kappa shape index (κ1) is 15.3. The second-order valence-electron chi connectivity index (χ2n) is 4.71. The molecule has 0 unspecified atom stereocenters. The SMILES string of the molecule is CCCc1ccc(OCCCc2nc(CCl)cs2)cc1. The fourth-order valence-corrected chi connectivity index (χ4v) is 3.05. The lowest BCUT2D eigenvalue weighted by Gasteiger charge is -2.06. The fourth-order valence-electron chi connectivity index (χ4n) is 1.98. The number of aryl methyl sites for hydroxylation is 2. The van der Waals surface area contributed by atoms with Crippen LogP contribution >= 0.6 is 22.9 Å². The topological polar surface area (TPSA) is 22.1 Å². The smallest absolute Gasteiger partial charge is 0.119 e. The van der Waals surface area contributed by atoms with Crippen molar-refractivity contribution in [3.8, 4) is 5.75 Å². The van der Waals surface area contributed by atoms with Crippen LogP contribution in [0.2, 0.25) is 0 Å². The molecule has 0 aliphatic rings. The molecule has 0 N–H and O–H groups in total. The van der Waals surface area contributed by atoms with E-state index in [1.807, 2.05) is 5.38 Å². The van der Waals surface area contributed by atoms with Gasteiger partial charge in [-0.3, -0.25) is 0 Å². The summed E-state index contributed by atoms with van der Waals surface area (Å²) in [6.07, 6.45) is 4.24. The zero-order valence-electron chi connectivity index (χ0n) is 11.8. The predicted octanol–water partition coefficient (Wildman–Crippen LogP) is 4.85. The molecular weight excluding hydrogens is 290 g/mol. The third-order valence-corrected chi connectivity index (χ3v) is 4.23. The molecule has 2 rings (SSSR count). The largest absolute Gasteiger partial charge is 0.494 e. The van der Waals surface area contributed by atoms with Crippen LogP contribution in [0.4, 0.5) is 0 Å². The van der Waals surface area contributed by atoms with Crippen LogP contribution in [0.1, 0.15) is 36.0 Å². The van der Waals surface area contributed by atoms with Crippen LogP contribution in [-0.2, 0) is 18.7 Å². The second kappa shape index (κ2) is 8.28.